The van der Waals surface area contributed by atoms with Crippen molar-refractivity contribution in [3.63, 3.8) is 0 Å². The second kappa shape index (κ2) is 5.42. The van der Waals surface area contributed by atoms with E-state index in [-0.39, 0.29) is 5.91 Å². The monoisotopic (exact) mass is 242 g/mol. The Hall–Kier alpha value is -2.20. The highest BCUT2D eigenvalue weighted by Gasteiger charge is 2.17. The lowest BCUT2D eigenvalue weighted by atomic mass is 9.97. The number of aliphatic hydroxyl groups is 1. The number of benzene rings is 1. The Morgan fingerprint density at radius 1 is 1.22 bits per heavy atom. The molecule has 0 spiro atoms. The zero-order valence-electron chi connectivity index (χ0n) is 10.00. The van der Waals surface area contributed by atoms with E-state index < -0.39 is 6.10 Å². The van der Waals surface area contributed by atoms with Crippen LogP contribution in [0.3, 0.4) is 0 Å². The fourth-order valence-corrected chi connectivity index (χ4v) is 1.80. The molecule has 1 aromatic heterocycles. The quantitative estimate of drug-likeness (QED) is 0.857. The number of hydrogen-bond donors (Lipinski definition) is 2. The number of nitrogens with zero attached hydrogens (tertiary/aromatic N) is 1. The normalized spacial score (nSPS) is 11.9. The first-order valence-corrected chi connectivity index (χ1v) is 5.63. The van der Waals surface area contributed by atoms with Crippen LogP contribution in [-0.4, -0.2) is 23.0 Å². The van der Waals surface area contributed by atoms with Gasteiger partial charge >= 0.3 is 0 Å². The number of carbonyl (C=O) groups is 1. The molecule has 1 amide bonds. The van der Waals surface area contributed by atoms with E-state index in [0.29, 0.717) is 16.7 Å². The highest BCUT2D eigenvalue weighted by Crippen LogP contribution is 2.24. The lowest BCUT2D eigenvalue weighted by Crippen LogP contribution is -2.20. The minimum absolute atomic E-state index is 0.210. The molecule has 92 valence electrons. The number of hydrogen-bond acceptors (Lipinski definition) is 3. The third kappa shape index (κ3) is 2.38. The fraction of sp³-hybridized carbons (Fsp3) is 0.143. The van der Waals surface area contributed by atoms with Crippen LogP contribution in [0, 0.1) is 0 Å². The predicted molar refractivity (Wildman–Crippen MR) is 68.1 cm³/mol. The molecule has 1 heterocycles. The summed E-state index contributed by atoms with van der Waals surface area (Å²) in [5.74, 6) is -0.210. The third-order valence-electron chi connectivity index (χ3n) is 2.75. The van der Waals surface area contributed by atoms with E-state index in [1.807, 2.05) is 0 Å². The van der Waals surface area contributed by atoms with Gasteiger partial charge in [-0.15, -0.1) is 0 Å². The van der Waals surface area contributed by atoms with E-state index in [2.05, 4.69) is 10.3 Å². The molecular formula is C14H14N2O2. The number of aromatic nitrogens is 1. The average molecular weight is 242 g/mol. The Labute approximate surface area is 105 Å². The molecule has 1 aromatic carbocycles. The largest absolute Gasteiger partial charge is 0.384 e. The van der Waals surface area contributed by atoms with Crippen molar-refractivity contribution in [2.24, 2.45) is 0 Å². The van der Waals surface area contributed by atoms with Crippen LogP contribution in [0.1, 0.15) is 27.6 Å². The van der Waals surface area contributed by atoms with Crippen LogP contribution >= 0.6 is 0 Å². The highest BCUT2D eigenvalue weighted by molar-refractivity contribution is 5.95. The molecule has 0 saturated heterocycles. The zero-order chi connectivity index (χ0) is 13.0. The van der Waals surface area contributed by atoms with Gasteiger partial charge < -0.3 is 10.4 Å². The van der Waals surface area contributed by atoms with Crippen LogP contribution in [-0.2, 0) is 0 Å². The fourth-order valence-electron chi connectivity index (χ4n) is 1.80. The zero-order valence-corrected chi connectivity index (χ0v) is 10.00. The van der Waals surface area contributed by atoms with Crippen LogP contribution < -0.4 is 5.32 Å². The summed E-state index contributed by atoms with van der Waals surface area (Å²) in [6, 6.07) is 10.5. The van der Waals surface area contributed by atoms with Crippen LogP contribution in [0.4, 0.5) is 0 Å². The van der Waals surface area contributed by atoms with E-state index in [1.165, 1.54) is 0 Å². The number of nitrogens with one attached hydrogen (secondary N) is 1. The van der Waals surface area contributed by atoms with Crippen molar-refractivity contribution in [2.45, 2.75) is 6.10 Å². The summed E-state index contributed by atoms with van der Waals surface area (Å²) >= 11 is 0. The molecule has 4 heteroatoms. The van der Waals surface area contributed by atoms with Gasteiger partial charge in [0.05, 0.1) is 0 Å². The molecule has 1 atom stereocenters. The third-order valence-corrected chi connectivity index (χ3v) is 2.75. The molecule has 0 fully saturated rings. The summed E-state index contributed by atoms with van der Waals surface area (Å²) in [6.45, 7) is 0. The summed E-state index contributed by atoms with van der Waals surface area (Å²) in [5.41, 5.74) is 1.77. The average Bonchev–Trinajstić information content (AvgIpc) is 2.46. The molecular weight excluding hydrogens is 228 g/mol. The summed E-state index contributed by atoms with van der Waals surface area (Å²) in [4.78, 5) is 15.6. The van der Waals surface area contributed by atoms with E-state index in [4.69, 9.17) is 0 Å². The second-order valence-electron chi connectivity index (χ2n) is 3.85. The Kier molecular flexibility index (Phi) is 3.69. The Bertz CT molecular complexity index is 541. The van der Waals surface area contributed by atoms with Crippen LogP contribution in [0.15, 0.2) is 48.8 Å². The standard InChI is InChI=1S/C14H14N2O2/c1-15-14(18)12-5-3-2-4-11(12)13(17)10-6-8-16-9-7-10/h2-9,13,17H,1H3,(H,15,18). The SMILES string of the molecule is CNC(=O)c1ccccc1C(O)c1ccncc1. The highest BCUT2D eigenvalue weighted by atomic mass is 16.3. The van der Waals surface area contributed by atoms with Gasteiger partial charge in [-0.1, -0.05) is 18.2 Å². The number of carbonyl (C=O) groups excluding carboxylic acids is 1. The van der Waals surface area contributed by atoms with E-state index in [0.717, 1.165) is 0 Å². The topological polar surface area (TPSA) is 62.2 Å². The Balaban J connectivity index is 2.42. The Morgan fingerprint density at radius 3 is 2.56 bits per heavy atom. The molecule has 0 aliphatic rings. The van der Waals surface area contributed by atoms with Gasteiger partial charge in [0.15, 0.2) is 0 Å². The molecule has 4 nitrogen and oxygen atoms in total. The Morgan fingerprint density at radius 2 is 1.89 bits per heavy atom. The maximum Gasteiger partial charge on any atom is 0.251 e. The molecule has 0 bridgehead atoms. The van der Waals surface area contributed by atoms with Gasteiger partial charge in [-0.3, -0.25) is 9.78 Å². The maximum absolute atomic E-state index is 11.7. The first-order chi connectivity index (χ1) is 8.74. The second-order valence-corrected chi connectivity index (χ2v) is 3.85. The number of amides is 1. The van der Waals surface area contributed by atoms with Crippen molar-refractivity contribution in [2.75, 3.05) is 7.05 Å². The van der Waals surface area contributed by atoms with Crippen LogP contribution in [0.25, 0.3) is 0 Å². The van der Waals surface area contributed by atoms with Gasteiger partial charge in [-0.2, -0.15) is 0 Å². The molecule has 0 saturated carbocycles. The van der Waals surface area contributed by atoms with Gasteiger partial charge in [0, 0.05) is 25.0 Å². The molecule has 2 aromatic rings. The van der Waals surface area contributed by atoms with Crippen LogP contribution in [0.5, 0.6) is 0 Å². The predicted octanol–water partition coefficient (Wildman–Crippen LogP) is 1.52. The number of rotatable bonds is 3. The van der Waals surface area contributed by atoms with E-state index in [1.54, 1.807) is 55.8 Å². The molecule has 18 heavy (non-hydrogen) atoms. The first-order valence-electron chi connectivity index (χ1n) is 5.63. The molecule has 0 aliphatic heterocycles. The van der Waals surface area contributed by atoms with Gasteiger partial charge in [0.25, 0.3) is 5.91 Å². The lowest BCUT2D eigenvalue weighted by Gasteiger charge is -2.14. The summed E-state index contributed by atoms with van der Waals surface area (Å²) < 4.78 is 0. The first kappa shape index (κ1) is 12.3. The van der Waals surface area contributed by atoms with Crippen molar-refractivity contribution in [1.29, 1.82) is 0 Å². The van der Waals surface area contributed by atoms with Crippen molar-refractivity contribution < 1.29 is 9.90 Å². The minimum Gasteiger partial charge on any atom is -0.384 e. The van der Waals surface area contributed by atoms with Gasteiger partial charge in [0.2, 0.25) is 0 Å². The maximum atomic E-state index is 11.7. The summed E-state index contributed by atoms with van der Waals surface area (Å²) in [6.07, 6.45) is 2.39. The molecule has 2 rings (SSSR count). The van der Waals surface area contributed by atoms with Crippen molar-refractivity contribution >= 4 is 5.91 Å². The van der Waals surface area contributed by atoms with Gasteiger partial charge in [0.1, 0.15) is 6.10 Å². The smallest absolute Gasteiger partial charge is 0.251 e. The molecule has 1 unspecified atom stereocenters. The molecule has 0 aliphatic carbocycles. The van der Waals surface area contributed by atoms with Crippen molar-refractivity contribution in [1.82, 2.24) is 10.3 Å². The van der Waals surface area contributed by atoms with Crippen molar-refractivity contribution in [3.8, 4) is 0 Å². The van der Waals surface area contributed by atoms with Gasteiger partial charge in [-0.25, -0.2) is 0 Å². The number of pyridine rings is 1. The molecule has 0 radical (unpaired) electrons. The lowest BCUT2D eigenvalue weighted by molar-refractivity contribution is 0.0958. The number of aliphatic hydroxyl groups excluding tert-OH is 1. The summed E-state index contributed by atoms with van der Waals surface area (Å²) in [5, 5.41) is 12.9. The minimum atomic E-state index is -0.832. The van der Waals surface area contributed by atoms with E-state index in [9.17, 15) is 9.90 Å². The molecule has 2 N–H and O–H groups in total. The van der Waals surface area contributed by atoms with Gasteiger partial charge in [-0.05, 0) is 29.3 Å². The van der Waals surface area contributed by atoms with E-state index >= 15 is 0 Å². The van der Waals surface area contributed by atoms with Crippen LogP contribution in [0.2, 0.25) is 0 Å². The van der Waals surface area contributed by atoms with Crippen molar-refractivity contribution in [3.05, 3.63) is 65.5 Å². The summed E-state index contributed by atoms with van der Waals surface area (Å²) in [7, 11) is 1.57.